The van der Waals surface area contributed by atoms with Crippen molar-refractivity contribution in [2.75, 3.05) is 5.75 Å². The van der Waals surface area contributed by atoms with E-state index in [9.17, 15) is 26.3 Å². The molecule has 0 saturated carbocycles. The van der Waals surface area contributed by atoms with Crippen molar-refractivity contribution >= 4 is 11.8 Å². The molecule has 1 aromatic carbocycles. The van der Waals surface area contributed by atoms with Crippen LogP contribution in [0.2, 0.25) is 0 Å². The second-order valence-electron chi connectivity index (χ2n) is 5.26. The van der Waals surface area contributed by atoms with Crippen molar-refractivity contribution in [3.8, 4) is 11.3 Å². The van der Waals surface area contributed by atoms with E-state index in [1.165, 1.54) is 13.1 Å². The maximum atomic E-state index is 12.8. The van der Waals surface area contributed by atoms with Crippen LogP contribution in [0.3, 0.4) is 0 Å². The molecule has 0 saturated heterocycles. The number of alkyl halides is 6. The number of nitrogens with zero attached hydrogens (tertiary/aromatic N) is 2. The molecule has 0 radical (unpaired) electrons. The van der Waals surface area contributed by atoms with Gasteiger partial charge in [0.1, 0.15) is 0 Å². The molecule has 0 amide bonds. The van der Waals surface area contributed by atoms with Crippen LogP contribution in [-0.2, 0) is 19.6 Å². The van der Waals surface area contributed by atoms with Crippen LogP contribution in [0.4, 0.5) is 26.3 Å². The smallest absolute Gasteiger partial charge is 0.267 e. The fourth-order valence-electron chi connectivity index (χ4n) is 2.21. The van der Waals surface area contributed by atoms with Crippen LogP contribution in [0, 0.1) is 0 Å². The van der Waals surface area contributed by atoms with Gasteiger partial charge in [-0.3, -0.25) is 4.68 Å². The summed E-state index contributed by atoms with van der Waals surface area (Å²) in [6, 6.07) is 5.48. The number of aromatic nitrogens is 2. The van der Waals surface area contributed by atoms with Gasteiger partial charge in [-0.25, -0.2) is 0 Å². The van der Waals surface area contributed by atoms with Crippen LogP contribution in [0.25, 0.3) is 11.3 Å². The Labute approximate surface area is 144 Å². The standard InChI is InChI=1S/C16H14F6N2S/c1-3-4-10-5-6-11(7-13(10)25-9-15(17,18)19)12-8-14(16(20,21)22)23-24(12)2/h3,5-8H,1,4,9H2,2H3. The second-order valence-corrected chi connectivity index (χ2v) is 6.27. The third-order valence-corrected chi connectivity index (χ3v) is 4.45. The molecule has 0 fully saturated rings. The summed E-state index contributed by atoms with van der Waals surface area (Å²) < 4.78 is 76.9. The Morgan fingerprint density at radius 3 is 2.36 bits per heavy atom. The van der Waals surface area contributed by atoms with Crippen LogP contribution < -0.4 is 0 Å². The molecule has 136 valence electrons. The molecule has 0 atom stereocenters. The Morgan fingerprint density at radius 1 is 1.16 bits per heavy atom. The molecule has 25 heavy (non-hydrogen) atoms. The number of thioether (sulfide) groups is 1. The molecule has 9 heteroatoms. The van der Waals surface area contributed by atoms with E-state index in [2.05, 4.69) is 11.7 Å². The van der Waals surface area contributed by atoms with E-state index in [4.69, 9.17) is 0 Å². The predicted molar refractivity (Wildman–Crippen MR) is 84.3 cm³/mol. The quantitative estimate of drug-likeness (QED) is 0.388. The monoisotopic (exact) mass is 380 g/mol. The number of allylic oxidation sites excluding steroid dienone is 1. The minimum absolute atomic E-state index is 0.173. The highest BCUT2D eigenvalue weighted by Gasteiger charge is 2.34. The van der Waals surface area contributed by atoms with Crippen molar-refractivity contribution in [2.45, 2.75) is 23.7 Å². The van der Waals surface area contributed by atoms with Crippen LogP contribution in [0.5, 0.6) is 0 Å². The van der Waals surface area contributed by atoms with E-state index >= 15 is 0 Å². The lowest BCUT2D eigenvalue weighted by Gasteiger charge is -2.12. The molecule has 1 heterocycles. The molecular formula is C16H14F6N2S. The topological polar surface area (TPSA) is 17.8 Å². The highest BCUT2D eigenvalue weighted by atomic mass is 32.2. The zero-order valence-corrected chi connectivity index (χ0v) is 13.9. The molecule has 0 unspecified atom stereocenters. The minimum Gasteiger partial charge on any atom is -0.267 e. The Hall–Kier alpha value is -1.90. The summed E-state index contributed by atoms with van der Waals surface area (Å²) in [5.41, 5.74) is 0.116. The first-order chi connectivity index (χ1) is 11.5. The third-order valence-electron chi connectivity index (χ3n) is 3.29. The van der Waals surface area contributed by atoms with Crippen LogP contribution in [-0.4, -0.2) is 21.7 Å². The fraction of sp³-hybridized carbons (Fsp3) is 0.312. The van der Waals surface area contributed by atoms with Crippen molar-refractivity contribution in [2.24, 2.45) is 7.05 Å². The molecule has 1 aromatic heterocycles. The van der Waals surface area contributed by atoms with Gasteiger partial charge < -0.3 is 0 Å². The normalized spacial score (nSPS) is 12.4. The third kappa shape index (κ3) is 5.04. The maximum absolute atomic E-state index is 12.8. The molecule has 2 aromatic rings. The van der Waals surface area contributed by atoms with Gasteiger partial charge in [-0.1, -0.05) is 18.2 Å². The van der Waals surface area contributed by atoms with Crippen molar-refractivity contribution in [3.05, 3.63) is 48.2 Å². The van der Waals surface area contributed by atoms with Crippen LogP contribution in [0.15, 0.2) is 41.8 Å². The molecule has 0 aliphatic rings. The lowest BCUT2D eigenvalue weighted by atomic mass is 10.1. The SMILES string of the molecule is C=CCc1ccc(-c2cc(C(F)(F)F)nn2C)cc1SCC(F)(F)F. The molecule has 0 bridgehead atoms. The van der Waals surface area contributed by atoms with Gasteiger partial charge in [0.05, 0.1) is 11.4 Å². The number of aryl methyl sites for hydroxylation is 1. The average Bonchev–Trinajstić information content (AvgIpc) is 2.88. The summed E-state index contributed by atoms with van der Waals surface area (Å²) in [7, 11) is 1.35. The van der Waals surface area contributed by atoms with Gasteiger partial charge in [0.15, 0.2) is 5.69 Å². The zero-order valence-electron chi connectivity index (χ0n) is 13.1. The average molecular weight is 380 g/mol. The van der Waals surface area contributed by atoms with E-state index in [-0.39, 0.29) is 5.69 Å². The summed E-state index contributed by atoms with van der Waals surface area (Å²) in [5.74, 6) is -1.08. The molecule has 0 aliphatic carbocycles. The molecule has 0 spiro atoms. The first-order valence-electron chi connectivity index (χ1n) is 7.06. The number of rotatable bonds is 5. The fourth-order valence-corrected chi connectivity index (χ4v) is 3.07. The molecule has 2 rings (SSSR count). The van der Waals surface area contributed by atoms with E-state index in [0.717, 1.165) is 10.7 Å². The Morgan fingerprint density at radius 2 is 1.84 bits per heavy atom. The lowest BCUT2D eigenvalue weighted by Crippen LogP contribution is -2.10. The molecule has 0 N–H and O–H groups in total. The summed E-state index contributed by atoms with van der Waals surface area (Å²) in [6.45, 7) is 3.56. The highest BCUT2D eigenvalue weighted by Crippen LogP contribution is 2.35. The van der Waals surface area contributed by atoms with E-state index in [1.54, 1.807) is 18.2 Å². The Balaban J connectivity index is 2.42. The van der Waals surface area contributed by atoms with Gasteiger partial charge >= 0.3 is 12.4 Å². The minimum atomic E-state index is -4.59. The zero-order chi connectivity index (χ0) is 18.8. The van der Waals surface area contributed by atoms with Gasteiger partial charge in [-0.05, 0) is 24.1 Å². The summed E-state index contributed by atoms with van der Waals surface area (Å²) in [6.07, 6.45) is -7.02. The molecule has 2 nitrogen and oxygen atoms in total. The van der Waals surface area contributed by atoms with E-state index < -0.39 is 23.8 Å². The van der Waals surface area contributed by atoms with Gasteiger partial charge in [0.2, 0.25) is 0 Å². The molecular weight excluding hydrogens is 366 g/mol. The van der Waals surface area contributed by atoms with Crippen LogP contribution >= 0.6 is 11.8 Å². The summed E-state index contributed by atoms with van der Waals surface area (Å²) in [5, 5.41) is 3.42. The van der Waals surface area contributed by atoms with Gasteiger partial charge in [0.25, 0.3) is 0 Å². The lowest BCUT2D eigenvalue weighted by molar-refractivity contribution is -0.141. The number of halogens is 6. The number of hydrogen-bond acceptors (Lipinski definition) is 2. The van der Waals surface area contributed by atoms with Gasteiger partial charge in [0, 0.05) is 17.5 Å². The molecule has 0 aliphatic heterocycles. The Kier molecular flexibility index (Phi) is 5.55. The van der Waals surface area contributed by atoms with Crippen molar-refractivity contribution in [1.82, 2.24) is 9.78 Å². The first-order valence-corrected chi connectivity index (χ1v) is 8.05. The summed E-state index contributed by atoms with van der Waals surface area (Å²) in [4.78, 5) is 0.351. The first kappa shape index (κ1) is 19.4. The second kappa shape index (κ2) is 7.15. The van der Waals surface area contributed by atoms with E-state index in [1.807, 2.05) is 0 Å². The number of benzene rings is 1. The maximum Gasteiger partial charge on any atom is 0.435 e. The highest BCUT2D eigenvalue weighted by molar-refractivity contribution is 7.99. The van der Waals surface area contributed by atoms with Crippen molar-refractivity contribution in [3.63, 3.8) is 0 Å². The predicted octanol–water partition coefficient (Wildman–Crippen LogP) is 5.49. The van der Waals surface area contributed by atoms with Crippen LogP contribution in [0.1, 0.15) is 11.3 Å². The summed E-state index contributed by atoms with van der Waals surface area (Å²) >= 11 is 0.596. The van der Waals surface area contributed by atoms with Gasteiger partial charge in [-0.15, -0.1) is 18.3 Å². The van der Waals surface area contributed by atoms with Crippen molar-refractivity contribution in [1.29, 1.82) is 0 Å². The Bertz CT molecular complexity index is 761. The van der Waals surface area contributed by atoms with Crippen molar-refractivity contribution < 1.29 is 26.3 Å². The van der Waals surface area contributed by atoms with E-state index in [0.29, 0.717) is 34.2 Å². The van der Waals surface area contributed by atoms with Gasteiger partial charge in [-0.2, -0.15) is 31.4 Å². The largest absolute Gasteiger partial charge is 0.435 e. The number of hydrogen-bond donors (Lipinski definition) is 0.